The Morgan fingerprint density at radius 2 is 2.00 bits per heavy atom. The van der Waals surface area contributed by atoms with Crippen molar-refractivity contribution in [2.75, 3.05) is 11.4 Å². The van der Waals surface area contributed by atoms with Crippen molar-refractivity contribution in [3.8, 4) is 0 Å². The van der Waals surface area contributed by atoms with Crippen LogP contribution in [0.25, 0.3) is 0 Å². The van der Waals surface area contributed by atoms with E-state index in [2.05, 4.69) is 35.9 Å². The summed E-state index contributed by atoms with van der Waals surface area (Å²) in [5.41, 5.74) is 3.26. The molecular weight excluding hydrogens is 236 g/mol. The van der Waals surface area contributed by atoms with E-state index >= 15 is 0 Å². The van der Waals surface area contributed by atoms with Gasteiger partial charge in [0.25, 0.3) is 0 Å². The summed E-state index contributed by atoms with van der Waals surface area (Å²) in [4.78, 5) is 6.58. The molecule has 2 rings (SSSR count). The number of benzene rings is 1. The lowest BCUT2D eigenvalue weighted by Gasteiger charge is -2.24. The molecule has 0 bridgehead atoms. The van der Waals surface area contributed by atoms with E-state index in [4.69, 9.17) is 0 Å². The molecule has 0 amide bonds. The van der Waals surface area contributed by atoms with Crippen LogP contribution in [-0.2, 0) is 0 Å². The normalized spacial score (nSPS) is 12.2. The number of nitrogens with zero attached hydrogens (tertiary/aromatic N) is 2. The molecule has 0 saturated carbocycles. The van der Waals surface area contributed by atoms with Gasteiger partial charge in [0.15, 0.2) is 0 Å². The lowest BCUT2D eigenvalue weighted by Crippen LogP contribution is -2.18. The second kappa shape index (κ2) is 5.85. The minimum Gasteiger partial charge on any atom is -0.389 e. The summed E-state index contributed by atoms with van der Waals surface area (Å²) in [6, 6.07) is 12.0. The van der Waals surface area contributed by atoms with Crippen LogP contribution in [0.4, 0.5) is 11.5 Å². The van der Waals surface area contributed by atoms with E-state index in [1.807, 2.05) is 24.3 Å². The van der Waals surface area contributed by atoms with E-state index in [0.717, 1.165) is 23.6 Å². The Bertz CT molecular complexity index is 552. The Kier molecular flexibility index (Phi) is 4.17. The molecule has 1 aromatic carbocycles. The van der Waals surface area contributed by atoms with E-state index in [0.29, 0.717) is 0 Å². The molecule has 100 valence electrons. The highest BCUT2D eigenvalue weighted by molar-refractivity contribution is 5.63. The summed E-state index contributed by atoms with van der Waals surface area (Å²) in [5, 5.41) is 9.68. The van der Waals surface area contributed by atoms with Crippen LogP contribution in [0.3, 0.4) is 0 Å². The molecule has 1 aromatic heterocycles. The molecule has 0 saturated heterocycles. The van der Waals surface area contributed by atoms with Crippen molar-refractivity contribution in [1.82, 2.24) is 4.98 Å². The molecular formula is C16H20N2O. The van der Waals surface area contributed by atoms with Crippen LogP contribution >= 0.6 is 0 Å². The van der Waals surface area contributed by atoms with Gasteiger partial charge in [-0.15, -0.1) is 0 Å². The van der Waals surface area contributed by atoms with E-state index < -0.39 is 6.10 Å². The Morgan fingerprint density at radius 1 is 1.26 bits per heavy atom. The molecule has 0 spiro atoms. The molecule has 0 aliphatic heterocycles. The lowest BCUT2D eigenvalue weighted by molar-refractivity contribution is 0.199. The van der Waals surface area contributed by atoms with E-state index in [1.54, 1.807) is 13.1 Å². The van der Waals surface area contributed by atoms with Crippen molar-refractivity contribution < 1.29 is 5.11 Å². The molecule has 1 atom stereocenters. The highest BCUT2D eigenvalue weighted by Crippen LogP contribution is 2.27. The molecule has 1 N–H and O–H groups in total. The van der Waals surface area contributed by atoms with Gasteiger partial charge in [0.1, 0.15) is 5.82 Å². The second-order valence-electron chi connectivity index (χ2n) is 4.65. The summed E-state index contributed by atoms with van der Waals surface area (Å²) in [6.45, 7) is 6.80. The van der Waals surface area contributed by atoms with Gasteiger partial charge >= 0.3 is 0 Å². The lowest BCUT2D eigenvalue weighted by atomic mass is 10.1. The van der Waals surface area contributed by atoms with Crippen molar-refractivity contribution in [1.29, 1.82) is 0 Å². The van der Waals surface area contributed by atoms with Crippen LogP contribution < -0.4 is 4.90 Å². The second-order valence-corrected chi connectivity index (χ2v) is 4.65. The van der Waals surface area contributed by atoms with E-state index in [-0.39, 0.29) is 0 Å². The molecule has 0 aliphatic carbocycles. The predicted octanol–water partition coefficient (Wildman–Crippen LogP) is 3.60. The average molecular weight is 256 g/mol. The Morgan fingerprint density at radius 3 is 2.63 bits per heavy atom. The molecule has 0 aliphatic rings. The van der Waals surface area contributed by atoms with Crippen LogP contribution in [0.2, 0.25) is 0 Å². The van der Waals surface area contributed by atoms with Crippen molar-refractivity contribution in [2.45, 2.75) is 26.9 Å². The van der Waals surface area contributed by atoms with Crippen LogP contribution in [0.1, 0.15) is 31.1 Å². The first-order valence-electron chi connectivity index (χ1n) is 6.60. The summed E-state index contributed by atoms with van der Waals surface area (Å²) < 4.78 is 0. The number of pyridine rings is 1. The third-order valence-electron chi connectivity index (χ3n) is 3.25. The molecule has 19 heavy (non-hydrogen) atoms. The van der Waals surface area contributed by atoms with Gasteiger partial charge in [0.05, 0.1) is 6.10 Å². The van der Waals surface area contributed by atoms with Crippen LogP contribution in [0.5, 0.6) is 0 Å². The third kappa shape index (κ3) is 2.93. The zero-order valence-corrected chi connectivity index (χ0v) is 11.7. The highest BCUT2D eigenvalue weighted by atomic mass is 16.3. The van der Waals surface area contributed by atoms with Crippen LogP contribution in [-0.4, -0.2) is 16.6 Å². The van der Waals surface area contributed by atoms with E-state index in [9.17, 15) is 5.11 Å². The molecule has 3 heteroatoms. The van der Waals surface area contributed by atoms with Gasteiger partial charge in [0.2, 0.25) is 0 Å². The minimum absolute atomic E-state index is 0.475. The summed E-state index contributed by atoms with van der Waals surface area (Å²) in [6.07, 6.45) is 1.27. The number of aliphatic hydroxyl groups is 1. The number of aryl methyl sites for hydroxylation is 1. The first-order chi connectivity index (χ1) is 9.13. The van der Waals surface area contributed by atoms with Crippen molar-refractivity contribution in [2.24, 2.45) is 0 Å². The quantitative estimate of drug-likeness (QED) is 0.908. The Labute approximate surface area is 114 Å². The fourth-order valence-electron chi connectivity index (χ4n) is 2.16. The SMILES string of the molecule is CCN(c1cc([C@@H](C)O)ccn1)c1ccccc1C. The van der Waals surface area contributed by atoms with Crippen molar-refractivity contribution in [3.05, 3.63) is 53.7 Å². The van der Waals surface area contributed by atoms with Gasteiger partial charge in [0, 0.05) is 18.4 Å². The molecule has 0 radical (unpaired) electrons. The summed E-state index contributed by atoms with van der Waals surface area (Å²) in [7, 11) is 0. The predicted molar refractivity (Wildman–Crippen MR) is 78.7 cm³/mol. The van der Waals surface area contributed by atoms with E-state index in [1.165, 1.54) is 5.56 Å². The van der Waals surface area contributed by atoms with Gasteiger partial charge in [-0.2, -0.15) is 0 Å². The number of hydrogen-bond donors (Lipinski definition) is 1. The Balaban J connectivity index is 2.43. The smallest absolute Gasteiger partial charge is 0.133 e. The van der Waals surface area contributed by atoms with Crippen LogP contribution in [0.15, 0.2) is 42.6 Å². The largest absolute Gasteiger partial charge is 0.389 e. The molecule has 0 fully saturated rings. The molecule has 2 aromatic rings. The molecule has 1 heterocycles. The Hall–Kier alpha value is -1.87. The summed E-state index contributed by atoms with van der Waals surface area (Å²) in [5.74, 6) is 0.871. The fraction of sp³-hybridized carbons (Fsp3) is 0.312. The minimum atomic E-state index is -0.475. The van der Waals surface area contributed by atoms with Gasteiger partial charge in [-0.3, -0.25) is 0 Å². The van der Waals surface area contributed by atoms with Gasteiger partial charge in [-0.05, 0) is 50.1 Å². The average Bonchev–Trinajstić information content (AvgIpc) is 2.42. The number of rotatable bonds is 4. The number of anilines is 2. The highest BCUT2D eigenvalue weighted by Gasteiger charge is 2.12. The standard InChI is InChI=1S/C16H20N2O/c1-4-18(15-8-6-5-7-12(15)2)16-11-14(13(3)19)9-10-17-16/h5-11,13,19H,4H2,1-3H3/t13-/m1/s1. The topological polar surface area (TPSA) is 36.4 Å². The maximum Gasteiger partial charge on any atom is 0.133 e. The van der Waals surface area contributed by atoms with Gasteiger partial charge < -0.3 is 10.0 Å². The zero-order valence-electron chi connectivity index (χ0n) is 11.7. The maximum absolute atomic E-state index is 9.68. The fourth-order valence-corrected chi connectivity index (χ4v) is 2.16. The number of aliphatic hydroxyl groups excluding tert-OH is 1. The van der Waals surface area contributed by atoms with Gasteiger partial charge in [-0.1, -0.05) is 18.2 Å². The monoisotopic (exact) mass is 256 g/mol. The van der Waals surface area contributed by atoms with Crippen molar-refractivity contribution in [3.63, 3.8) is 0 Å². The first-order valence-corrected chi connectivity index (χ1v) is 6.60. The number of para-hydroxylation sites is 1. The molecule has 3 nitrogen and oxygen atoms in total. The number of aromatic nitrogens is 1. The zero-order chi connectivity index (χ0) is 13.8. The van der Waals surface area contributed by atoms with Gasteiger partial charge in [-0.25, -0.2) is 4.98 Å². The summed E-state index contributed by atoms with van der Waals surface area (Å²) >= 11 is 0. The maximum atomic E-state index is 9.68. The molecule has 0 unspecified atom stereocenters. The van der Waals surface area contributed by atoms with Crippen molar-refractivity contribution >= 4 is 11.5 Å². The first kappa shape index (κ1) is 13.6. The third-order valence-corrected chi connectivity index (χ3v) is 3.25. The number of hydrogen-bond acceptors (Lipinski definition) is 3. The van der Waals surface area contributed by atoms with Crippen LogP contribution in [0, 0.1) is 6.92 Å².